The Kier molecular flexibility index (Phi) is 6.40. The summed E-state index contributed by atoms with van der Waals surface area (Å²) >= 11 is 1.44. The Balaban J connectivity index is 1.70. The van der Waals surface area contributed by atoms with Gasteiger partial charge in [0.05, 0.1) is 4.88 Å². The lowest BCUT2D eigenvalue weighted by molar-refractivity contribution is -0.122. The molecule has 4 heteroatoms. The van der Waals surface area contributed by atoms with Gasteiger partial charge >= 0.3 is 0 Å². The Bertz CT molecular complexity index is 513. The van der Waals surface area contributed by atoms with Gasteiger partial charge in [-0.25, -0.2) is 0 Å². The van der Waals surface area contributed by atoms with Crippen LogP contribution in [0.15, 0.2) is 17.5 Å². The van der Waals surface area contributed by atoms with Gasteiger partial charge in [0.15, 0.2) is 5.78 Å². The number of nitrogens with one attached hydrogen (secondary N) is 1. The van der Waals surface area contributed by atoms with Crippen molar-refractivity contribution in [1.82, 2.24) is 5.32 Å². The monoisotopic (exact) mass is 335 g/mol. The third kappa shape index (κ3) is 5.17. The quantitative estimate of drug-likeness (QED) is 0.726. The molecule has 0 spiro atoms. The van der Waals surface area contributed by atoms with E-state index < -0.39 is 0 Å². The summed E-state index contributed by atoms with van der Waals surface area (Å²) < 4.78 is 0. The van der Waals surface area contributed by atoms with Crippen LogP contribution < -0.4 is 5.32 Å². The molecule has 0 aliphatic heterocycles. The molecule has 1 saturated carbocycles. The van der Waals surface area contributed by atoms with Crippen molar-refractivity contribution in [3.63, 3.8) is 0 Å². The average Bonchev–Trinajstić information content (AvgIpc) is 3.07. The van der Waals surface area contributed by atoms with Crippen LogP contribution in [0.4, 0.5) is 0 Å². The maximum atomic E-state index is 12.1. The predicted octanol–water partition coefficient (Wildman–Crippen LogP) is 4.82. The van der Waals surface area contributed by atoms with Crippen molar-refractivity contribution in [2.24, 2.45) is 11.3 Å². The van der Waals surface area contributed by atoms with Gasteiger partial charge in [-0.05, 0) is 48.5 Å². The first-order valence-corrected chi connectivity index (χ1v) is 9.66. The molecule has 1 amide bonds. The third-order valence-corrected chi connectivity index (χ3v) is 6.39. The van der Waals surface area contributed by atoms with Crippen molar-refractivity contribution in [2.45, 2.75) is 71.8 Å². The number of ketones is 1. The summed E-state index contributed by atoms with van der Waals surface area (Å²) in [5.74, 6) is 0.859. The first-order chi connectivity index (χ1) is 10.9. The second-order valence-electron chi connectivity index (χ2n) is 7.36. The fraction of sp³-hybridized carbons (Fsp3) is 0.684. The molecule has 0 radical (unpaired) electrons. The summed E-state index contributed by atoms with van der Waals surface area (Å²) in [4.78, 5) is 24.7. The molecule has 128 valence electrons. The molecule has 1 aromatic rings. The van der Waals surface area contributed by atoms with Crippen LogP contribution in [0, 0.1) is 11.3 Å². The Morgan fingerprint density at radius 3 is 2.48 bits per heavy atom. The van der Waals surface area contributed by atoms with Crippen LogP contribution in [0.2, 0.25) is 0 Å². The van der Waals surface area contributed by atoms with Gasteiger partial charge in [0.2, 0.25) is 5.91 Å². The van der Waals surface area contributed by atoms with Crippen LogP contribution in [0.25, 0.3) is 0 Å². The molecule has 1 fully saturated rings. The molecule has 0 bridgehead atoms. The second-order valence-corrected chi connectivity index (χ2v) is 8.31. The van der Waals surface area contributed by atoms with Gasteiger partial charge in [-0.3, -0.25) is 9.59 Å². The van der Waals surface area contributed by atoms with Crippen LogP contribution in [0.5, 0.6) is 0 Å². The molecular weight excluding hydrogens is 306 g/mol. The van der Waals surface area contributed by atoms with E-state index in [2.05, 4.69) is 26.1 Å². The zero-order valence-corrected chi connectivity index (χ0v) is 15.4. The Labute approximate surface area is 143 Å². The van der Waals surface area contributed by atoms with Gasteiger partial charge in [0.1, 0.15) is 0 Å². The fourth-order valence-corrected chi connectivity index (χ4v) is 4.09. The van der Waals surface area contributed by atoms with Crippen LogP contribution >= 0.6 is 11.3 Å². The van der Waals surface area contributed by atoms with Gasteiger partial charge in [-0.1, -0.05) is 33.3 Å². The standard InChI is InChI=1S/C19H29NO2S/c1-4-19(2,3)14-7-9-15(10-8-14)20-18(22)12-11-16(21)17-6-5-13-23-17/h5-6,13-15H,4,7-12H2,1-3H3,(H,20,22). The second kappa shape index (κ2) is 8.09. The minimum absolute atomic E-state index is 0.0214. The molecule has 0 unspecified atom stereocenters. The van der Waals surface area contributed by atoms with Gasteiger partial charge < -0.3 is 5.32 Å². The van der Waals surface area contributed by atoms with E-state index in [1.54, 1.807) is 0 Å². The topological polar surface area (TPSA) is 46.2 Å². The molecule has 2 rings (SSSR count). The van der Waals surface area contributed by atoms with E-state index in [4.69, 9.17) is 0 Å². The van der Waals surface area contributed by atoms with E-state index in [1.165, 1.54) is 30.6 Å². The Hall–Kier alpha value is -1.16. The number of carbonyl (C=O) groups excluding carboxylic acids is 2. The van der Waals surface area contributed by atoms with Gasteiger partial charge in [-0.15, -0.1) is 11.3 Å². The van der Waals surface area contributed by atoms with Crippen LogP contribution in [0.1, 0.15) is 75.4 Å². The largest absolute Gasteiger partial charge is 0.353 e. The number of Topliss-reactive ketones (excluding diaryl/α,β-unsaturated/α-hetero) is 1. The molecule has 1 aliphatic carbocycles. The molecule has 1 aromatic heterocycles. The first kappa shape index (κ1) is 18.2. The number of thiophene rings is 1. The molecular formula is C19H29NO2S. The van der Waals surface area contributed by atoms with E-state index in [-0.39, 0.29) is 11.7 Å². The van der Waals surface area contributed by atoms with Crippen LogP contribution in [-0.2, 0) is 4.79 Å². The zero-order chi connectivity index (χ0) is 16.9. The highest BCUT2D eigenvalue weighted by Crippen LogP contribution is 2.40. The summed E-state index contributed by atoms with van der Waals surface area (Å²) in [5, 5.41) is 5.01. The molecule has 0 aromatic carbocycles. The number of hydrogen-bond donors (Lipinski definition) is 1. The fourth-order valence-electron chi connectivity index (χ4n) is 3.40. The predicted molar refractivity (Wildman–Crippen MR) is 95.8 cm³/mol. The van der Waals surface area contributed by atoms with Crippen molar-refractivity contribution in [2.75, 3.05) is 0 Å². The lowest BCUT2D eigenvalue weighted by Gasteiger charge is -2.39. The van der Waals surface area contributed by atoms with Crippen molar-refractivity contribution < 1.29 is 9.59 Å². The van der Waals surface area contributed by atoms with Crippen LogP contribution in [-0.4, -0.2) is 17.7 Å². The van der Waals surface area contributed by atoms with Crippen molar-refractivity contribution in [1.29, 1.82) is 0 Å². The lowest BCUT2D eigenvalue weighted by atomic mass is 9.69. The van der Waals surface area contributed by atoms with Gasteiger partial charge in [0.25, 0.3) is 0 Å². The zero-order valence-electron chi connectivity index (χ0n) is 14.6. The smallest absolute Gasteiger partial charge is 0.220 e. The Morgan fingerprint density at radius 1 is 1.22 bits per heavy atom. The summed E-state index contributed by atoms with van der Waals surface area (Å²) in [6.07, 6.45) is 6.35. The van der Waals surface area contributed by atoms with Crippen LogP contribution in [0.3, 0.4) is 0 Å². The molecule has 3 nitrogen and oxygen atoms in total. The molecule has 1 heterocycles. The molecule has 1 aliphatic rings. The number of amides is 1. The van der Waals surface area contributed by atoms with Crippen molar-refractivity contribution in [3.05, 3.63) is 22.4 Å². The van der Waals surface area contributed by atoms with Gasteiger partial charge in [0, 0.05) is 18.9 Å². The SMILES string of the molecule is CCC(C)(C)C1CCC(NC(=O)CCC(=O)c2cccs2)CC1. The number of rotatable bonds is 7. The third-order valence-electron chi connectivity index (χ3n) is 5.48. The maximum absolute atomic E-state index is 12.1. The van der Waals surface area contributed by atoms with Crippen molar-refractivity contribution in [3.8, 4) is 0 Å². The van der Waals surface area contributed by atoms with E-state index in [9.17, 15) is 9.59 Å². The molecule has 1 N–H and O–H groups in total. The van der Waals surface area contributed by atoms with E-state index in [0.29, 0.717) is 24.3 Å². The van der Waals surface area contributed by atoms with E-state index >= 15 is 0 Å². The van der Waals surface area contributed by atoms with Crippen molar-refractivity contribution >= 4 is 23.0 Å². The van der Waals surface area contributed by atoms with Gasteiger partial charge in [-0.2, -0.15) is 0 Å². The summed E-state index contributed by atoms with van der Waals surface area (Å²) in [6.45, 7) is 6.97. The number of hydrogen-bond acceptors (Lipinski definition) is 3. The molecule has 0 atom stereocenters. The highest BCUT2D eigenvalue weighted by molar-refractivity contribution is 7.12. The summed E-state index contributed by atoms with van der Waals surface area (Å²) in [5.41, 5.74) is 0.405. The number of carbonyl (C=O) groups is 2. The highest BCUT2D eigenvalue weighted by atomic mass is 32.1. The summed E-state index contributed by atoms with van der Waals surface area (Å²) in [6, 6.07) is 3.99. The normalized spacial score (nSPS) is 21.9. The molecule has 0 saturated heterocycles. The van der Waals surface area contributed by atoms with E-state index in [0.717, 1.165) is 23.6 Å². The average molecular weight is 336 g/mol. The molecule has 23 heavy (non-hydrogen) atoms. The van der Waals surface area contributed by atoms with E-state index in [1.807, 2.05) is 17.5 Å². The lowest BCUT2D eigenvalue weighted by Crippen LogP contribution is -2.39. The first-order valence-electron chi connectivity index (χ1n) is 8.78. The summed E-state index contributed by atoms with van der Waals surface area (Å²) in [7, 11) is 0. The highest BCUT2D eigenvalue weighted by Gasteiger charge is 2.32. The Morgan fingerprint density at radius 2 is 1.91 bits per heavy atom. The minimum Gasteiger partial charge on any atom is -0.353 e. The maximum Gasteiger partial charge on any atom is 0.220 e. The minimum atomic E-state index is 0.0214.